The van der Waals surface area contributed by atoms with Crippen molar-refractivity contribution in [2.75, 3.05) is 5.32 Å². The third kappa shape index (κ3) is 2.60. The zero-order valence-corrected chi connectivity index (χ0v) is 12.0. The van der Waals surface area contributed by atoms with Gasteiger partial charge in [0.05, 0.1) is 5.57 Å². The number of amides is 1. The van der Waals surface area contributed by atoms with Crippen LogP contribution < -0.4 is 15.8 Å². The molecule has 120 valence electrons. The van der Waals surface area contributed by atoms with Crippen molar-refractivity contribution in [2.24, 2.45) is 5.73 Å². The molecule has 0 aliphatic carbocycles. The van der Waals surface area contributed by atoms with Gasteiger partial charge < -0.3 is 15.8 Å². The molecule has 1 aliphatic heterocycles. The summed E-state index contributed by atoms with van der Waals surface area (Å²) in [5.41, 5.74) is 6.50. The molecule has 0 fully saturated rings. The van der Waals surface area contributed by atoms with E-state index in [2.05, 4.69) is 20.1 Å². The van der Waals surface area contributed by atoms with Gasteiger partial charge in [0.1, 0.15) is 18.1 Å². The second-order valence-electron chi connectivity index (χ2n) is 4.88. The molecule has 1 atom stereocenters. The number of carbonyl (C=O) groups excluding carboxylic acids is 1. The Bertz CT molecular complexity index is 787. The summed E-state index contributed by atoms with van der Waals surface area (Å²) in [6, 6.07) is 5.38. The molecule has 2 heterocycles. The number of fused-ring (bicyclic) bond motifs is 1. The average Bonchev–Trinajstić information content (AvgIpc) is 2.93. The molecule has 0 bridgehead atoms. The maximum absolute atomic E-state index is 12.7. The van der Waals surface area contributed by atoms with Crippen LogP contribution in [0.1, 0.15) is 18.5 Å². The number of primary amides is 1. The van der Waals surface area contributed by atoms with Gasteiger partial charge in [-0.25, -0.2) is 4.68 Å². The van der Waals surface area contributed by atoms with Crippen LogP contribution in [0.3, 0.4) is 0 Å². The van der Waals surface area contributed by atoms with Crippen LogP contribution in [0, 0.1) is 0 Å². The number of alkyl halides is 2. The third-order valence-corrected chi connectivity index (χ3v) is 3.49. The molecule has 0 saturated heterocycles. The van der Waals surface area contributed by atoms with Crippen molar-refractivity contribution in [2.45, 2.75) is 19.6 Å². The quantitative estimate of drug-likeness (QED) is 0.893. The molecule has 1 aromatic heterocycles. The van der Waals surface area contributed by atoms with E-state index in [1.807, 2.05) is 0 Å². The highest BCUT2D eigenvalue weighted by molar-refractivity contribution is 5.95. The molecule has 0 radical (unpaired) electrons. The minimum Gasteiger partial charge on any atom is -0.434 e. The molecule has 3 N–H and O–H groups in total. The van der Waals surface area contributed by atoms with Gasteiger partial charge in [0, 0.05) is 11.3 Å². The normalized spacial score (nSPS) is 17.0. The summed E-state index contributed by atoms with van der Waals surface area (Å²) in [6.07, 6.45) is 1.29. The Labute approximate surface area is 129 Å². The van der Waals surface area contributed by atoms with E-state index in [1.165, 1.54) is 17.1 Å². The standard InChI is InChI=1S/C14H13F2N5O2/c1-7-10(12(17)22)11(21-14(20-7)18-6-19-21)8-4-2-3-5-9(8)23-13(15)16/h2-6,11,13H,1H3,(H2,17,22)(H,18,19,20)/t11-/m1/s1. The lowest BCUT2D eigenvalue weighted by atomic mass is 9.94. The monoisotopic (exact) mass is 321 g/mol. The summed E-state index contributed by atoms with van der Waals surface area (Å²) in [4.78, 5) is 15.9. The van der Waals surface area contributed by atoms with Gasteiger partial charge in [0.2, 0.25) is 11.9 Å². The van der Waals surface area contributed by atoms with Crippen LogP contribution in [0.25, 0.3) is 0 Å². The van der Waals surface area contributed by atoms with Crippen LogP contribution in [-0.4, -0.2) is 27.3 Å². The van der Waals surface area contributed by atoms with E-state index in [0.717, 1.165) is 0 Å². The van der Waals surface area contributed by atoms with Crippen molar-refractivity contribution >= 4 is 11.9 Å². The predicted molar refractivity (Wildman–Crippen MR) is 76.8 cm³/mol. The van der Waals surface area contributed by atoms with Crippen molar-refractivity contribution in [1.29, 1.82) is 0 Å². The minimum absolute atomic E-state index is 0.0533. The molecule has 3 rings (SSSR count). The first-order chi connectivity index (χ1) is 11.0. The second kappa shape index (κ2) is 5.67. The number of carbonyl (C=O) groups is 1. The number of anilines is 1. The summed E-state index contributed by atoms with van der Waals surface area (Å²) in [6.45, 7) is -1.34. The lowest BCUT2D eigenvalue weighted by molar-refractivity contribution is -0.115. The Kier molecular flexibility index (Phi) is 3.68. The summed E-state index contributed by atoms with van der Waals surface area (Å²) in [7, 11) is 0. The fourth-order valence-electron chi connectivity index (χ4n) is 2.61. The highest BCUT2D eigenvalue weighted by Gasteiger charge is 2.34. The number of hydrogen-bond acceptors (Lipinski definition) is 5. The highest BCUT2D eigenvalue weighted by atomic mass is 19.3. The molecular formula is C14H13F2N5O2. The summed E-state index contributed by atoms with van der Waals surface area (Å²) < 4.78 is 31.3. The van der Waals surface area contributed by atoms with Crippen molar-refractivity contribution < 1.29 is 18.3 Å². The summed E-state index contributed by atoms with van der Waals surface area (Å²) in [5, 5.41) is 6.97. The second-order valence-corrected chi connectivity index (χ2v) is 4.88. The average molecular weight is 321 g/mol. The maximum atomic E-state index is 12.7. The van der Waals surface area contributed by atoms with Crippen molar-refractivity contribution in [3.8, 4) is 5.75 Å². The van der Waals surface area contributed by atoms with Crippen LogP contribution >= 0.6 is 0 Å². The van der Waals surface area contributed by atoms with Crippen LogP contribution in [0.2, 0.25) is 0 Å². The molecule has 2 aromatic rings. The lowest BCUT2D eigenvalue weighted by Crippen LogP contribution is -2.32. The Balaban J connectivity index is 2.19. The molecule has 23 heavy (non-hydrogen) atoms. The predicted octanol–water partition coefficient (Wildman–Crippen LogP) is 1.65. The van der Waals surface area contributed by atoms with Crippen molar-refractivity contribution in [1.82, 2.24) is 14.8 Å². The highest BCUT2D eigenvalue weighted by Crippen LogP contribution is 2.38. The molecular weight excluding hydrogens is 308 g/mol. The van der Waals surface area contributed by atoms with Gasteiger partial charge in [0.15, 0.2) is 0 Å². The number of para-hydroxylation sites is 1. The fourth-order valence-corrected chi connectivity index (χ4v) is 2.61. The van der Waals surface area contributed by atoms with Gasteiger partial charge in [-0.05, 0) is 13.0 Å². The van der Waals surface area contributed by atoms with Gasteiger partial charge in [-0.3, -0.25) is 4.79 Å². The lowest BCUT2D eigenvalue weighted by Gasteiger charge is -2.28. The number of allylic oxidation sites excluding steroid dienone is 1. The number of nitrogens with two attached hydrogens (primary N) is 1. The van der Waals surface area contributed by atoms with E-state index < -0.39 is 18.6 Å². The topological polar surface area (TPSA) is 95.1 Å². The number of nitrogens with one attached hydrogen (secondary N) is 1. The van der Waals surface area contributed by atoms with Crippen LogP contribution in [0.4, 0.5) is 14.7 Å². The minimum atomic E-state index is -2.99. The smallest absolute Gasteiger partial charge is 0.387 e. The number of nitrogens with zero attached hydrogens (tertiary/aromatic N) is 3. The van der Waals surface area contributed by atoms with Gasteiger partial charge in [-0.15, -0.1) is 0 Å². The number of aromatic nitrogens is 3. The van der Waals surface area contributed by atoms with E-state index in [1.54, 1.807) is 25.1 Å². The molecule has 7 nitrogen and oxygen atoms in total. The third-order valence-electron chi connectivity index (χ3n) is 3.49. The molecule has 1 amide bonds. The van der Waals surface area contributed by atoms with Crippen LogP contribution in [-0.2, 0) is 4.79 Å². The summed E-state index contributed by atoms with van der Waals surface area (Å²) in [5.74, 6) is -0.361. The first-order valence-electron chi connectivity index (χ1n) is 6.70. The van der Waals surface area contributed by atoms with Gasteiger partial charge in [-0.2, -0.15) is 18.9 Å². The molecule has 0 spiro atoms. The Hall–Kier alpha value is -2.97. The Morgan fingerprint density at radius 3 is 2.87 bits per heavy atom. The largest absolute Gasteiger partial charge is 0.434 e. The Morgan fingerprint density at radius 1 is 1.43 bits per heavy atom. The van der Waals surface area contributed by atoms with Crippen molar-refractivity contribution in [3.63, 3.8) is 0 Å². The SMILES string of the molecule is CC1=C(C(N)=O)[C@@H](c2ccccc2OC(F)F)n2ncnc2N1. The fraction of sp³-hybridized carbons (Fsp3) is 0.214. The van der Waals surface area contributed by atoms with Gasteiger partial charge in [-0.1, -0.05) is 18.2 Å². The number of hydrogen-bond donors (Lipinski definition) is 2. The van der Waals surface area contributed by atoms with E-state index in [0.29, 0.717) is 17.2 Å². The number of halogens is 2. The van der Waals surface area contributed by atoms with Crippen molar-refractivity contribution in [3.05, 3.63) is 47.4 Å². The van der Waals surface area contributed by atoms with Crippen LogP contribution in [0.15, 0.2) is 41.9 Å². The molecule has 0 unspecified atom stereocenters. The number of benzene rings is 1. The molecule has 0 saturated carbocycles. The van der Waals surface area contributed by atoms with E-state index in [-0.39, 0.29) is 11.3 Å². The molecule has 1 aromatic carbocycles. The maximum Gasteiger partial charge on any atom is 0.387 e. The zero-order valence-electron chi connectivity index (χ0n) is 12.0. The molecule has 1 aliphatic rings. The molecule has 9 heteroatoms. The van der Waals surface area contributed by atoms with E-state index in [9.17, 15) is 13.6 Å². The van der Waals surface area contributed by atoms with E-state index in [4.69, 9.17) is 5.73 Å². The Morgan fingerprint density at radius 2 is 2.17 bits per heavy atom. The van der Waals surface area contributed by atoms with E-state index >= 15 is 0 Å². The van der Waals surface area contributed by atoms with Gasteiger partial charge in [0.25, 0.3) is 0 Å². The zero-order chi connectivity index (χ0) is 16.6. The number of ether oxygens (including phenoxy) is 1. The first kappa shape index (κ1) is 14.9. The number of rotatable bonds is 4. The first-order valence-corrected chi connectivity index (χ1v) is 6.70. The van der Waals surface area contributed by atoms with Crippen LogP contribution in [0.5, 0.6) is 5.75 Å². The van der Waals surface area contributed by atoms with Gasteiger partial charge >= 0.3 is 6.61 Å². The summed E-state index contributed by atoms with van der Waals surface area (Å²) >= 11 is 0.